The summed E-state index contributed by atoms with van der Waals surface area (Å²) in [5.41, 5.74) is 1.81. The number of hydrogen-bond donors (Lipinski definition) is 1. The van der Waals surface area contributed by atoms with Gasteiger partial charge in [-0.15, -0.1) is 0 Å². The van der Waals surface area contributed by atoms with E-state index in [1.807, 2.05) is 59.6 Å². The summed E-state index contributed by atoms with van der Waals surface area (Å²) in [4.78, 5) is 18.5. The van der Waals surface area contributed by atoms with Gasteiger partial charge in [0.05, 0.1) is 5.69 Å². The number of fused-ring (bicyclic) bond motifs is 1. The topological polar surface area (TPSA) is 57.7 Å². The number of nitrogens with zero attached hydrogens (tertiary/aromatic N) is 4. The largest absolute Gasteiger partial charge is 0.344 e. The van der Waals surface area contributed by atoms with E-state index in [-0.39, 0.29) is 0 Å². The molecule has 0 saturated heterocycles. The van der Waals surface area contributed by atoms with Crippen LogP contribution in [0.5, 0.6) is 0 Å². The lowest BCUT2D eigenvalue weighted by Gasteiger charge is -2.21. The van der Waals surface area contributed by atoms with Crippen molar-refractivity contribution in [3.05, 3.63) is 73.3 Å². The average Bonchev–Trinajstić information content (AvgIpc) is 3.01. The molecule has 0 radical (unpaired) electrons. The second-order valence-electron chi connectivity index (χ2n) is 4.78. The molecule has 4 aromatic rings. The van der Waals surface area contributed by atoms with Gasteiger partial charge in [-0.1, -0.05) is 12.1 Å². The molecule has 0 aliphatic heterocycles. The van der Waals surface area contributed by atoms with Crippen LogP contribution < -0.4 is 4.90 Å². The Morgan fingerprint density at radius 1 is 0.727 bits per heavy atom. The maximum absolute atomic E-state index is 4.47. The van der Waals surface area contributed by atoms with Gasteiger partial charge >= 0.3 is 0 Å². The van der Waals surface area contributed by atoms with E-state index in [4.69, 9.17) is 0 Å². The van der Waals surface area contributed by atoms with Crippen LogP contribution in [0.25, 0.3) is 11.0 Å². The summed E-state index contributed by atoms with van der Waals surface area (Å²) in [5, 5.41) is 1.03. The van der Waals surface area contributed by atoms with Crippen molar-refractivity contribution in [3.63, 3.8) is 0 Å². The van der Waals surface area contributed by atoms with Crippen LogP contribution in [-0.2, 0) is 0 Å². The van der Waals surface area contributed by atoms with Gasteiger partial charge in [0.1, 0.15) is 17.3 Å². The fourth-order valence-corrected chi connectivity index (χ4v) is 2.46. The zero-order valence-corrected chi connectivity index (χ0v) is 11.7. The highest BCUT2D eigenvalue weighted by molar-refractivity contribution is 5.95. The average molecular weight is 287 g/mol. The van der Waals surface area contributed by atoms with Gasteiger partial charge < -0.3 is 4.98 Å². The van der Waals surface area contributed by atoms with Crippen LogP contribution >= 0.6 is 0 Å². The predicted molar refractivity (Wildman–Crippen MR) is 86.4 cm³/mol. The van der Waals surface area contributed by atoms with Gasteiger partial charge in [0.15, 0.2) is 0 Å². The molecular weight excluding hydrogens is 274 g/mol. The minimum absolute atomic E-state index is 0.811. The molecule has 4 aromatic heterocycles. The number of nitrogens with one attached hydrogen (secondary N) is 1. The molecule has 22 heavy (non-hydrogen) atoms. The summed E-state index contributed by atoms with van der Waals surface area (Å²) < 4.78 is 0. The number of anilines is 3. The molecule has 4 rings (SSSR count). The van der Waals surface area contributed by atoms with Crippen molar-refractivity contribution < 1.29 is 0 Å². The van der Waals surface area contributed by atoms with E-state index in [0.29, 0.717) is 0 Å². The third-order valence-electron chi connectivity index (χ3n) is 3.43. The van der Waals surface area contributed by atoms with Gasteiger partial charge in [-0.25, -0.2) is 15.0 Å². The molecule has 0 aromatic carbocycles. The molecule has 0 aliphatic carbocycles. The fraction of sp³-hybridized carbons (Fsp3) is 0. The van der Waals surface area contributed by atoms with E-state index in [2.05, 4.69) is 19.9 Å². The summed E-state index contributed by atoms with van der Waals surface area (Å²) in [7, 11) is 0. The number of rotatable bonds is 3. The van der Waals surface area contributed by atoms with Gasteiger partial charge in [0.2, 0.25) is 0 Å². The number of aromatic amines is 1. The second-order valence-corrected chi connectivity index (χ2v) is 4.78. The van der Waals surface area contributed by atoms with Crippen molar-refractivity contribution in [1.29, 1.82) is 0 Å². The molecule has 0 saturated carbocycles. The molecule has 0 aliphatic rings. The van der Waals surface area contributed by atoms with Crippen LogP contribution in [0.2, 0.25) is 0 Å². The molecule has 5 heteroatoms. The Hall–Kier alpha value is -3.21. The predicted octanol–water partition coefficient (Wildman–Crippen LogP) is 3.82. The van der Waals surface area contributed by atoms with Crippen molar-refractivity contribution in [3.8, 4) is 0 Å². The Morgan fingerprint density at radius 2 is 1.41 bits per heavy atom. The summed E-state index contributed by atoms with van der Waals surface area (Å²) in [6, 6.07) is 15.6. The molecule has 0 unspecified atom stereocenters. The lowest BCUT2D eigenvalue weighted by molar-refractivity contribution is 1.13. The molecule has 0 atom stereocenters. The summed E-state index contributed by atoms with van der Waals surface area (Å²) >= 11 is 0. The van der Waals surface area contributed by atoms with Gasteiger partial charge in [-0.05, 0) is 36.4 Å². The highest BCUT2D eigenvalue weighted by Crippen LogP contribution is 2.35. The minimum atomic E-state index is 0.811. The molecule has 1 N–H and O–H groups in total. The standard InChI is InChI=1S/C17H13N5/c1-3-9-18-15(7-1)22(16-8-2-4-10-19-16)14-12-21-17-13(14)6-5-11-20-17/h1-12H,(H,20,21). The summed E-state index contributed by atoms with van der Waals surface area (Å²) in [5.74, 6) is 1.62. The van der Waals surface area contributed by atoms with Crippen molar-refractivity contribution in [2.24, 2.45) is 0 Å². The van der Waals surface area contributed by atoms with Crippen LogP contribution in [0.15, 0.2) is 73.3 Å². The zero-order chi connectivity index (χ0) is 14.8. The van der Waals surface area contributed by atoms with Gasteiger partial charge in [0.25, 0.3) is 0 Å². The molecular formula is C17H13N5. The number of aromatic nitrogens is 4. The third kappa shape index (κ3) is 2.09. The Labute approximate surface area is 127 Å². The highest BCUT2D eigenvalue weighted by atomic mass is 15.2. The monoisotopic (exact) mass is 287 g/mol. The SMILES string of the molecule is c1ccc(N(c2ccccn2)c2c[nH]c3ncccc23)nc1. The van der Waals surface area contributed by atoms with E-state index >= 15 is 0 Å². The molecule has 0 fully saturated rings. The number of pyridine rings is 3. The van der Waals surface area contributed by atoms with Gasteiger partial charge in [-0.3, -0.25) is 4.90 Å². The van der Waals surface area contributed by atoms with Crippen LogP contribution in [-0.4, -0.2) is 19.9 Å². The molecule has 5 nitrogen and oxygen atoms in total. The lowest BCUT2D eigenvalue weighted by Crippen LogP contribution is -2.12. The highest BCUT2D eigenvalue weighted by Gasteiger charge is 2.18. The van der Waals surface area contributed by atoms with Crippen molar-refractivity contribution in [1.82, 2.24) is 19.9 Å². The first-order valence-electron chi connectivity index (χ1n) is 6.98. The fourth-order valence-electron chi connectivity index (χ4n) is 2.46. The normalized spacial score (nSPS) is 10.7. The van der Waals surface area contributed by atoms with Crippen molar-refractivity contribution in [2.75, 3.05) is 4.90 Å². The van der Waals surface area contributed by atoms with Crippen LogP contribution in [0, 0.1) is 0 Å². The van der Waals surface area contributed by atoms with Crippen LogP contribution in [0.3, 0.4) is 0 Å². The molecule has 0 bridgehead atoms. The Kier molecular flexibility index (Phi) is 3.01. The third-order valence-corrected chi connectivity index (χ3v) is 3.43. The lowest BCUT2D eigenvalue weighted by atomic mass is 10.2. The van der Waals surface area contributed by atoms with Gasteiger partial charge in [-0.2, -0.15) is 0 Å². The number of H-pyrrole nitrogens is 1. The van der Waals surface area contributed by atoms with E-state index in [1.165, 1.54) is 0 Å². The number of hydrogen-bond acceptors (Lipinski definition) is 4. The van der Waals surface area contributed by atoms with E-state index < -0.39 is 0 Å². The zero-order valence-electron chi connectivity index (χ0n) is 11.7. The Bertz CT molecular complexity index is 847. The van der Waals surface area contributed by atoms with Crippen LogP contribution in [0.1, 0.15) is 0 Å². The molecule has 106 valence electrons. The Balaban J connectivity index is 1.95. The smallest absolute Gasteiger partial charge is 0.139 e. The van der Waals surface area contributed by atoms with Crippen molar-refractivity contribution in [2.45, 2.75) is 0 Å². The van der Waals surface area contributed by atoms with Gasteiger partial charge in [0, 0.05) is 30.2 Å². The van der Waals surface area contributed by atoms with Crippen LogP contribution in [0.4, 0.5) is 17.3 Å². The first-order chi connectivity index (χ1) is 10.9. The van der Waals surface area contributed by atoms with E-state index in [9.17, 15) is 0 Å². The quantitative estimate of drug-likeness (QED) is 0.622. The first-order valence-corrected chi connectivity index (χ1v) is 6.98. The van der Waals surface area contributed by atoms with E-state index in [1.54, 1.807) is 18.6 Å². The molecule has 4 heterocycles. The first kappa shape index (κ1) is 12.5. The summed E-state index contributed by atoms with van der Waals surface area (Å²) in [6.07, 6.45) is 7.26. The van der Waals surface area contributed by atoms with E-state index in [0.717, 1.165) is 28.4 Å². The van der Waals surface area contributed by atoms with Crippen molar-refractivity contribution >= 4 is 28.4 Å². The minimum Gasteiger partial charge on any atom is -0.344 e. The maximum Gasteiger partial charge on any atom is 0.139 e. The Morgan fingerprint density at radius 3 is 2.05 bits per heavy atom. The maximum atomic E-state index is 4.47. The molecule has 0 amide bonds. The summed E-state index contributed by atoms with van der Waals surface area (Å²) in [6.45, 7) is 0. The molecule has 0 spiro atoms. The second kappa shape index (κ2) is 5.29.